The highest BCUT2D eigenvalue weighted by atomic mass is 35.5. The summed E-state index contributed by atoms with van der Waals surface area (Å²) < 4.78 is 22.8. The van der Waals surface area contributed by atoms with Gasteiger partial charge in [-0.1, -0.05) is 71.7 Å². The average molecular weight is 603 g/mol. The van der Waals surface area contributed by atoms with Gasteiger partial charge in [-0.15, -0.1) is 20.4 Å². The Labute approximate surface area is 249 Å². The van der Waals surface area contributed by atoms with E-state index in [2.05, 4.69) is 20.4 Å². The molecule has 2 heterocycles. The van der Waals surface area contributed by atoms with E-state index in [1.165, 1.54) is 24.3 Å². The third-order valence-corrected chi connectivity index (χ3v) is 6.14. The number of halogens is 2. The minimum Gasteiger partial charge on any atom is -0.435 e. The zero-order chi connectivity index (χ0) is 29.6. The van der Waals surface area contributed by atoms with Crippen LogP contribution >= 0.6 is 23.2 Å². The number of rotatable bonds is 8. The SMILES string of the molecule is Cc1ccccc1Oc1nnc(Cl)cc1OC(=O)c1ccccc1C(=O)Oc1cc(Cl)nnc1Oc1ccccc1C. The fourth-order valence-electron chi connectivity index (χ4n) is 3.67. The van der Waals surface area contributed by atoms with Crippen molar-refractivity contribution >= 4 is 35.1 Å². The fraction of sp³-hybridized carbons (Fsp3) is 0.0667. The molecule has 2 aromatic heterocycles. The molecule has 0 fully saturated rings. The van der Waals surface area contributed by atoms with Gasteiger partial charge in [0, 0.05) is 12.1 Å². The van der Waals surface area contributed by atoms with E-state index in [1.807, 2.05) is 38.1 Å². The average Bonchev–Trinajstić information content (AvgIpc) is 2.98. The van der Waals surface area contributed by atoms with Crippen molar-refractivity contribution in [2.45, 2.75) is 13.8 Å². The monoisotopic (exact) mass is 602 g/mol. The van der Waals surface area contributed by atoms with E-state index in [1.54, 1.807) is 36.4 Å². The fourth-order valence-corrected chi connectivity index (χ4v) is 3.94. The number of carbonyl (C=O) groups is 2. The molecule has 0 N–H and O–H groups in total. The van der Waals surface area contributed by atoms with Crippen LogP contribution in [-0.2, 0) is 0 Å². The number of benzene rings is 3. The lowest BCUT2D eigenvalue weighted by Gasteiger charge is -2.13. The maximum absolute atomic E-state index is 13.3. The number of hydrogen-bond acceptors (Lipinski definition) is 10. The first kappa shape index (κ1) is 28.5. The van der Waals surface area contributed by atoms with Crippen LogP contribution in [0.15, 0.2) is 84.9 Å². The van der Waals surface area contributed by atoms with Crippen LogP contribution in [0.1, 0.15) is 31.8 Å². The van der Waals surface area contributed by atoms with Crippen molar-refractivity contribution in [2.75, 3.05) is 0 Å². The second-order valence-corrected chi connectivity index (χ2v) is 9.51. The molecule has 0 saturated carbocycles. The quantitative estimate of drug-likeness (QED) is 0.168. The van der Waals surface area contributed by atoms with Crippen molar-refractivity contribution in [1.82, 2.24) is 20.4 Å². The van der Waals surface area contributed by atoms with Crippen LogP contribution < -0.4 is 18.9 Å². The van der Waals surface area contributed by atoms with E-state index in [4.69, 9.17) is 42.1 Å². The lowest BCUT2D eigenvalue weighted by atomic mass is 10.1. The minimum absolute atomic E-state index is 0.0362. The summed E-state index contributed by atoms with van der Waals surface area (Å²) in [5, 5.41) is 15.3. The summed E-state index contributed by atoms with van der Waals surface area (Å²) in [7, 11) is 0. The Morgan fingerprint density at radius 2 is 0.929 bits per heavy atom. The number of aryl methyl sites for hydroxylation is 2. The highest BCUT2D eigenvalue weighted by molar-refractivity contribution is 6.29. The molecular formula is C30H20Cl2N4O6. The Hall–Kier alpha value is -5.06. The normalized spacial score (nSPS) is 10.6. The molecule has 0 amide bonds. The first-order chi connectivity index (χ1) is 20.3. The number of nitrogens with zero attached hydrogens (tertiary/aromatic N) is 4. The molecule has 3 aromatic carbocycles. The Bertz CT molecular complexity index is 1670. The predicted molar refractivity (Wildman–Crippen MR) is 153 cm³/mol. The van der Waals surface area contributed by atoms with Gasteiger partial charge in [-0.05, 0) is 49.2 Å². The molecule has 0 bridgehead atoms. The van der Waals surface area contributed by atoms with Gasteiger partial charge < -0.3 is 18.9 Å². The number of esters is 2. The van der Waals surface area contributed by atoms with E-state index in [0.29, 0.717) is 11.5 Å². The van der Waals surface area contributed by atoms with E-state index >= 15 is 0 Å². The molecule has 0 aliphatic heterocycles. The van der Waals surface area contributed by atoms with Gasteiger partial charge in [-0.25, -0.2) is 9.59 Å². The van der Waals surface area contributed by atoms with Crippen molar-refractivity contribution in [3.05, 3.63) is 117 Å². The van der Waals surface area contributed by atoms with Gasteiger partial charge in [0.1, 0.15) is 11.5 Å². The second-order valence-electron chi connectivity index (χ2n) is 8.73. The lowest BCUT2D eigenvalue weighted by molar-refractivity contribution is 0.0686. The van der Waals surface area contributed by atoms with E-state index in [0.717, 1.165) is 11.1 Å². The Morgan fingerprint density at radius 3 is 1.33 bits per heavy atom. The summed E-state index contributed by atoms with van der Waals surface area (Å²) in [6.07, 6.45) is 0. The number of para-hydroxylation sites is 2. The molecule has 10 nitrogen and oxygen atoms in total. The smallest absolute Gasteiger partial charge is 0.344 e. The molecule has 0 unspecified atom stereocenters. The van der Waals surface area contributed by atoms with Gasteiger partial charge >= 0.3 is 11.9 Å². The number of carbonyl (C=O) groups excluding carboxylic acids is 2. The van der Waals surface area contributed by atoms with Gasteiger partial charge in [0.05, 0.1) is 11.1 Å². The Balaban J connectivity index is 1.40. The van der Waals surface area contributed by atoms with Crippen molar-refractivity contribution in [1.29, 1.82) is 0 Å². The van der Waals surface area contributed by atoms with Gasteiger partial charge in [-0.3, -0.25) is 0 Å². The van der Waals surface area contributed by atoms with Crippen molar-refractivity contribution in [2.24, 2.45) is 0 Å². The largest absolute Gasteiger partial charge is 0.435 e. The molecular weight excluding hydrogens is 583 g/mol. The second kappa shape index (κ2) is 12.6. The van der Waals surface area contributed by atoms with Crippen LogP contribution in [-0.4, -0.2) is 32.3 Å². The summed E-state index contributed by atoms with van der Waals surface area (Å²) in [5.74, 6) is -1.26. The van der Waals surface area contributed by atoms with Gasteiger partial charge in [0.15, 0.2) is 21.8 Å². The molecule has 0 spiro atoms. The summed E-state index contributed by atoms with van der Waals surface area (Å²) in [4.78, 5) is 26.7. The molecule has 12 heteroatoms. The standard InChI is InChI=1S/C30H20Cl2N4O6/c1-17-9-3-7-13-21(17)39-27-23(15-25(31)33-35-27)41-29(37)19-11-5-6-12-20(19)30(38)42-24-16-26(32)34-36-28(24)40-22-14-8-4-10-18(22)2/h3-16H,1-2H3. The van der Waals surface area contributed by atoms with Crippen LogP contribution in [0.25, 0.3) is 0 Å². The molecule has 5 rings (SSSR count). The maximum Gasteiger partial charge on any atom is 0.344 e. The summed E-state index contributed by atoms with van der Waals surface area (Å²) in [6.45, 7) is 3.68. The van der Waals surface area contributed by atoms with Crippen LogP contribution in [0.5, 0.6) is 34.8 Å². The predicted octanol–water partition coefficient (Wildman–Crippen LogP) is 7.21. The van der Waals surface area contributed by atoms with Crippen molar-refractivity contribution in [3.8, 4) is 34.8 Å². The number of ether oxygens (including phenoxy) is 4. The Kier molecular flexibility index (Phi) is 8.56. The first-order valence-corrected chi connectivity index (χ1v) is 13.1. The molecule has 0 saturated heterocycles. The zero-order valence-electron chi connectivity index (χ0n) is 22.1. The highest BCUT2D eigenvalue weighted by Crippen LogP contribution is 2.34. The van der Waals surface area contributed by atoms with Gasteiger partial charge in [0.2, 0.25) is 0 Å². The molecule has 210 valence electrons. The molecule has 0 atom stereocenters. The molecule has 0 aliphatic carbocycles. The van der Waals surface area contributed by atoms with Crippen LogP contribution in [0.2, 0.25) is 10.3 Å². The summed E-state index contributed by atoms with van der Waals surface area (Å²) in [6, 6.07) is 22.9. The number of aromatic nitrogens is 4. The molecule has 0 radical (unpaired) electrons. The lowest BCUT2D eigenvalue weighted by Crippen LogP contribution is -2.18. The van der Waals surface area contributed by atoms with E-state index < -0.39 is 11.9 Å². The molecule has 0 aliphatic rings. The third kappa shape index (κ3) is 6.63. The van der Waals surface area contributed by atoms with Crippen LogP contribution in [0.4, 0.5) is 0 Å². The third-order valence-electron chi connectivity index (χ3n) is 5.77. The zero-order valence-corrected chi connectivity index (χ0v) is 23.6. The van der Waals surface area contributed by atoms with Crippen LogP contribution in [0.3, 0.4) is 0 Å². The maximum atomic E-state index is 13.3. The Morgan fingerprint density at radius 1 is 0.548 bits per heavy atom. The van der Waals surface area contributed by atoms with Crippen molar-refractivity contribution in [3.63, 3.8) is 0 Å². The van der Waals surface area contributed by atoms with Crippen molar-refractivity contribution < 1.29 is 28.5 Å². The van der Waals surface area contributed by atoms with Gasteiger partial charge in [0.25, 0.3) is 11.8 Å². The highest BCUT2D eigenvalue weighted by Gasteiger charge is 2.24. The van der Waals surface area contributed by atoms with Gasteiger partial charge in [-0.2, -0.15) is 0 Å². The molecule has 42 heavy (non-hydrogen) atoms. The first-order valence-electron chi connectivity index (χ1n) is 12.4. The minimum atomic E-state index is -0.900. The van der Waals surface area contributed by atoms with E-state index in [-0.39, 0.29) is 44.7 Å². The molecule has 5 aromatic rings. The summed E-state index contributed by atoms with van der Waals surface area (Å²) >= 11 is 12.0. The topological polar surface area (TPSA) is 123 Å². The van der Waals surface area contributed by atoms with E-state index in [9.17, 15) is 9.59 Å². The van der Waals surface area contributed by atoms with Crippen LogP contribution in [0, 0.1) is 13.8 Å². The number of hydrogen-bond donors (Lipinski definition) is 0. The summed E-state index contributed by atoms with van der Waals surface area (Å²) in [5.41, 5.74) is 1.42.